The Balaban J connectivity index is 1.14. The number of rotatable bonds is 6. The van der Waals surface area contributed by atoms with Crippen LogP contribution >= 0.6 is 11.6 Å². The van der Waals surface area contributed by atoms with Gasteiger partial charge in [0.25, 0.3) is 0 Å². The zero-order valence-electron chi connectivity index (χ0n) is 17.7. The van der Waals surface area contributed by atoms with Crippen LogP contribution in [0.1, 0.15) is 16.8 Å². The topological polar surface area (TPSA) is 98.7 Å². The lowest BCUT2D eigenvalue weighted by molar-refractivity contribution is -0.124. The van der Waals surface area contributed by atoms with Crippen LogP contribution in [-0.2, 0) is 9.59 Å². The molecule has 0 radical (unpaired) electrons. The Hall–Kier alpha value is -3.26. The van der Waals surface area contributed by atoms with Gasteiger partial charge in [0.15, 0.2) is 18.1 Å². The third-order valence-electron chi connectivity index (χ3n) is 7.32. The number of anilines is 1. The van der Waals surface area contributed by atoms with Crippen LogP contribution in [0.15, 0.2) is 42.7 Å². The van der Waals surface area contributed by atoms with Gasteiger partial charge in [-0.1, -0.05) is 23.8 Å². The average molecular weight is 466 g/mol. The van der Waals surface area contributed by atoms with Crippen LogP contribution < -0.4 is 14.4 Å². The Morgan fingerprint density at radius 3 is 2.30 bits per heavy atom. The number of nitrogens with zero attached hydrogens (tertiary/aromatic N) is 3. The summed E-state index contributed by atoms with van der Waals surface area (Å²) in [6.07, 6.45) is 8.09. The average Bonchev–Trinajstić information content (AvgIpc) is 3.61. The van der Waals surface area contributed by atoms with E-state index in [1.807, 2.05) is 0 Å². The summed E-state index contributed by atoms with van der Waals surface area (Å²) in [5.41, 5.74) is 0.385. The number of hydrogen-bond acceptors (Lipinski definition) is 7. The Bertz CT molecular complexity index is 1180. The fourth-order valence-electron chi connectivity index (χ4n) is 5.73. The van der Waals surface area contributed by atoms with Gasteiger partial charge in [0, 0.05) is 5.56 Å². The summed E-state index contributed by atoms with van der Waals surface area (Å²) >= 11 is 6.07. The molecule has 7 rings (SSSR count). The van der Waals surface area contributed by atoms with Crippen LogP contribution in [0.3, 0.4) is 0 Å². The molecule has 0 unspecified atom stereocenters. The molecular formula is C24H20ClN3O5. The molecule has 4 aliphatic carbocycles. The first-order valence-electron chi connectivity index (χ1n) is 10.9. The first-order valence-corrected chi connectivity index (χ1v) is 11.2. The van der Waals surface area contributed by atoms with E-state index in [9.17, 15) is 14.4 Å². The Kier molecular flexibility index (Phi) is 4.55. The monoisotopic (exact) mass is 465 g/mol. The van der Waals surface area contributed by atoms with Crippen molar-refractivity contribution in [1.29, 1.82) is 0 Å². The van der Waals surface area contributed by atoms with Crippen molar-refractivity contribution in [2.45, 2.75) is 6.42 Å². The molecule has 2 aromatic rings. The second-order valence-electron chi connectivity index (χ2n) is 8.95. The second-order valence-corrected chi connectivity index (χ2v) is 9.35. The van der Waals surface area contributed by atoms with Gasteiger partial charge in [-0.15, -0.1) is 0 Å². The minimum absolute atomic E-state index is 0.0492. The van der Waals surface area contributed by atoms with E-state index in [1.165, 1.54) is 25.6 Å². The van der Waals surface area contributed by atoms with Gasteiger partial charge in [0.05, 0.1) is 36.4 Å². The number of amides is 2. The van der Waals surface area contributed by atoms with Gasteiger partial charge in [-0.25, -0.2) is 14.9 Å². The number of ketones is 1. The van der Waals surface area contributed by atoms with E-state index in [0.29, 0.717) is 28.2 Å². The van der Waals surface area contributed by atoms with Gasteiger partial charge in [-0.3, -0.25) is 14.4 Å². The van der Waals surface area contributed by atoms with E-state index in [2.05, 4.69) is 22.1 Å². The molecule has 33 heavy (non-hydrogen) atoms. The molecular weight excluding hydrogens is 446 g/mol. The molecule has 3 fully saturated rings. The molecule has 2 amide bonds. The van der Waals surface area contributed by atoms with Crippen molar-refractivity contribution in [1.82, 2.24) is 9.97 Å². The highest BCUT2D eigenvalue weighted by molar-refractivity contribution is 6.32. The molecule has 8 nitrogen and oxygen atoms in total. The maximum absolute atomic E-state index is 13.1. The molecule has 2 bridgehead atoms. The quantitative estimate of drug-likeness (QED) is 0.367. The minimum atomic E-state index is -0.301. The summed E-state index contributed by atoms with van der Waals surface area (Å²) < 4.78 is 10.6. The van der Waals surface area contributed by atoms with Crippen LogP contribution in [0, 0.1) is 35.5 Å². The number of Topliss-reactive ketones (excluding diaryl/α,β-unsaturated/α-hetero) is 1. The van der Waals surface area contributed by atoms with Crippen molar-refractivity contribution < 1.29 is 23.9 Å². The minimum Gasteiger partial charge on any atom is -0.495 e. The highest BCUT2D eigenvalue weighted by atomic mass is 35.5. The van der Waals surface area contributed by atoms with E-state index in [0.717, 1.165) is 11.3 Å². The Morgan fingerprint density at radius 1 is 1.09 bits per heavy atom. The standard InChI is InChI=1S/C24H20ClN3O5/c1-32-19-5-2-11(6-17(19)25)18(29)10-33-12-8-26-24(27-9-12)28-22(30)20-13-3-4-14(16-7-15(13)16)21(20)23(28)31/h2-6,8-9,13-16,20-21H,7,10H2,1H3/t13-,14+,15+,16-,20-,21+. The summed E-state index contributed by atoms with van der Waals surface area (Å²) in [6.45, 7) is -0.241. The van der Waals surface area contributed by atoms with Crippen LogP contribution in [0.4, 0.5) is 5.95 Å². The van der Waals surface area contributed by atoms with E-state index in [1.54, 1.807) is 12.1 Å². The van der Waals surface area contributed by atoms with Crippen LogP contribution in [0.25, 0.3) is 0 Å². The lowest BCUT2D eigenvalue weighted by Crippen LogP contribution is -2.40. The maximum atomic E-state index is 13.1. The number of imide groups is 1. The Morgan fingerprint density at radius 2 is 1.73 bits per heavy atom. The first-order chi connectivity index (χ1) is 16.0. The number of benzene rings is 1. The third kappa shape index (κ3) is 3.08. The van der Waals surface area contributed by atoms with Gasteiger partial charge in [-0.2, -0.15) is 0 Å². The molecule has 0 N–H and O–H groups in total. The zero-order valence-corrected chi connectivity index (χ0v) is 18.4. The van der Waals surface area contributed by atoms with Crippen molar-refractivity contribution in [3.63, 3.8) is 0 Å². The normalized spacial score (nSPS) is 30.8. The van der Waals surface area contributed by atoms with Gasteiger partial charge >= 0.3 is 0 Å². The third-order valence-corrected chi connectivity index (χ3v) is 7.62. The zero-order chi connectivity index (χ0) is 22.9. The highest BCUT2D eigenvalue weighted by Crippen LogP contribution is 2.65. The van der Waals surface area contributed by atoms with Crippen LogP contribution in [0.2, 0.25) is 5.02 Å². The predicted octanol–water partition coefficient (Wildman–Crippen LogP) is 2.96. The SMILES string of the molecule is COc1ccc(C(=O)COc2cnc(N3C(=O)[C@@H]4[C@@H]5C=C[C@@H]([C@H]6C[C@@H]56)[C@@H]4C3=O)nc2)cc1Cl. The number of carbonyl (C=O) groups excluding carboxylic acids is 3. The van der Waals surface area contributed by atoms with Gasteiger partial charge < -0.3 is 9.47 Å². The number of halogens is 1. The van der Waals surface area contributed by atoms with E-state index in [-0.39, 0.29) is 59.6 Å². The van der Waals surface area contributed by atoms with Gasteiger partial charge in [-0.05, 0) is 48.3 Å². The lowest BCUT2D eigenvalue weighted by atomic mass is 9.63. The molecule has 168 valence electrons. The smallest absolute Gasteiger partial charge is 0.240 e. The molecule has 2 heterocycles. The molecule has 1 aromatic heterocycles. The number of aromatic nitrogens is 2. The summed E-state index contributed by atoms with van der Waals surface area (Å²) in [4.78, 5) is 48.2. The van der Waals surface area contributed by atoms with Crippen molar-refractivity contribution >= 4 is 35.1 Å². The van der Waals surface area contributed by atoms with E-state index in [4.69, 9.17) is 21.1 Å². The van der Waals surface area contributed by atoms with E-state index < -0.39 is 0 Å². The summed E-state index contributed by atoms with van der Waals surface area (Å²) in [7, 11) is 1.50. The fraction of sp³-hybridized carbons (Fsp3) is 0.375. The number of carbonyl (C=O) groups is 3. The largest absolute Gasteiger partial charge is 0.495 e. The maximum Gasteiger partial charge on any atom is 0.240 e. The number of ether oxygens (including phenoxy) is 2. The number of allylic oxidation sites excluding steroid dienone is 2. The van der Waals surface area contributed by atoms with E-state index >= 15 is 0 Å². The second kappa shape index (κ2) is 7.38. The molecule has 9 heteroatoms. The molecule has 0 spiro atoms. The van der Waals surface area contributed by atoms with Crippen LogP contribution in [0.5, 0.6) is 11.5 Å². The first kappa shape index (κ1) is 20.4. The summed E-state index contributed by atoms with van der Waals surface area (Å²) in [5.74, 6) is 0.834. The molecule has 5 aliphatic rings. The van der Waals surface area contributed by atoms with Crippen molar-refractivity contribution in [3.05, 3.63) is 53.3 Å². The van der Waals surface area contributed by atoms with Crippen molar-refractivity contribution in [3.8, 4) is 11.5 Å². The predicted molar refractivity (Wildman–Crippen MR) is 117 cm³/mol. The van der Waals surface area contributed by atoms with Crippen molar-refractivity contribution in [2.24, 2.45) is 35.5 Å². The van der Waals surface area contributed by atoms with Crippen LogP contribution in [-0.4, -0.2) is 41.3 Å². The van der Waals surface area contributed by atoms with Gasteiger partial charge in [0.1, 0.15) is 5.75 Å². The lowest BCUT2D eigenvalue weighted by Gasteiger charge is -2.37. The molecule has 2 saturated carbocycles. The molecule has 6 atom stereocenters. The highest BCUT2D eigenvalue weighted by Gasteiger charge is 2.67. The number of methoxy groups -OCH3 is 1. The molecule has 1 aliphatic heterocycles. The summed E-state index contributed by atoms with van der Waals surface area (Å²) in [5, 5.41) is 0.331. The molecule has 1 aromatic carbocycles. The fourth-order valence-corrected chi connectivity index (χ4v) is 5.98. The van der Waals surface area contributed by atoms with Crippen molar-refractivity contribution in [2.75, 3.05) is 18.6 Å². The summed E-state index contributed by atoms with van der Waals surface area (Å²) in [6, 6.07) is 4.73. The van der Waals surface area contributed by atoms with Gasteiger partial charge in [0.2, 0.25) is 17.8 Å². The Labute approximate surface area is 194 Å². The molecule has 1 saturated heterocycles. The number of hydrogen-bond donors (Lipinski definition) is 0.